The fourth-order valence-corrected chi connectivity index (χ4v) is 6.60. The van der Waals surface area contributed by atoms with Gasteiger partial charge in [-0.15, -0.1) is 0 Å². The van der Waals surface area contributed by atoms with E-state index >= 15 is 0 Å². The van der Waals surface area contributed by atoms with Crippen molar-refractivity contribution in [2.24, 2.45) is 10.9 Å². The molecule has 1 N–H and O–H groups in total. The van der Waals surface area contributed by atoms with E-state index in [1.807, 2.05) is 0 Å². The summed E-state index contributed by atoms with van der Waals surface area (Å²) >= 11 is 12.2. The summed E-state index contributed by atoms with van der Waals surface area (Å²) in [7, 11) is 1.24. The van der Waals surface area contributed by atoms with Crippen LogP contribution in [0.15, 0.2) is 63.5 Å². The lowest BCUT2D eigenvalue weighted by Crippen LogP contribution is -2.58. The molecule has 3 heterocycles. The quantitative estimate of drug-likeness (QED) is 0.188. The maximum Gasteiger partial charge on any atom is 0.343 e. The third kappa shape index (κ3) is 6.74. The van der Waals surface area contributed by atoms with Crippen molar-refractivity contribution in [2.45, 2.75) is 26.8 Å². The van der Waals surface area contributed by atoms with E-state index in [4.69, 9.17) is 38.0 Å². The van der Waals surface area contributed by atoms with Gasteiger partial charge in [0.1, 0.15) is 5.92 Å². The van der Waals surface area contributed by atoms with Crippen LogP contribution in [0.4, 0.5) is 5.69 Å². The van der Waals surface area contributed by atoms with Crippen molar-refractivity contribution >= 4 is 75.8 Å². The summed E-state index contributed by atoms with van der Waals surface area (Å²) < 4.78 is 22.7. The number of amides is 2. The predicted octanol–water partition coefficient (Wildman–Crippen LogP) is 2.42. The molecule has 0 saturated carbocycles. The number of rotatable bonds is 10. The highest BCUT2D eigenvalue weighted by atomic mass is 35.5. The molecule has 0 bridgehead atoms. The molecule has 250 valence electrons. The standard InChI is InChI=1S/C32H29ClN4O9S2/c1-5-44-22-13-17(7-12-21(22)46-15-24(38)43-4)26-25(30(42)45-6-2)16(3)34-32-37(26)29(41)23(48-32)14-20-27(39)35-31(47)36(28(20)40)19-10-8-18(33)9-11-19/h7-14,20,26H,5-6,15H2,1-4H3,(H,35,39,47)/b23-14-/t20-,26+/m1/s1. The smallest absolute Gasteiger partial charge is 0.343 e. The van der Waals surface area contributed by atoms with Crippen molar-refractivity contribution in [1.29, 1.82) is 0 Å². The SMILES string of the molecule is CCOC(=O)C1=C(C)N=c2s/c(=C\[C@@H]3C(=O)NC(=S)N(c4ccc(Cl)cc4)C3=O)c(=O)n2[C@H]1c1ccc(OCC(=O)OC)c(OCC)c1. The van der Waals surface area contributed by atoms with Crippen molar-refractivity contribution in [3.8, 4) is 11.5 Å². The molecule has 1 fully saturated rings. The van der Waals surface area contributed by atoms with Gasteiger partial charge >= 0.3 is 11.9 Å². The third-order valence-corrected chi connectivity index (χ3v) is 8.82. The van der Waals surface area contributed by atoms with E-state index in [0.29, 0.717) is 22.0 Å². The molecule has 3 aromatic rings. The van der Waals surface area contributed by atoms with Gasteiger partial charge in [-0.3, -0.25) is 23.9 Å². The van der Waals surface area contributed by atoms with Gasteiger partial charge < -0.3 is 24.3 Å². The van der Waals surface area contributed by atoms with Crippen molar-refractivity contribution in [1.82, 2.24) is 9.88 Å². The average molecular weight is 713 g/mol. The normalized spacial score (nSPS) is 17.8. The van der Waals surface area contributed by atoms with Crippen molar-refractivity contribution in [3.63, 3.8) is 0 Å². The maximum absolute atomic E-state index is 14.2. The fraction of sp³-hybridized carbons (Fsp3) is 0.281. The number of carbonyl (C=O) groups excluding carboxylic acids is 4. The molecular formula is C32H29ClN4O9S2. The number of esters is 2. The number of aromatic nitrogens is 1. The number of fused-ring (bicyclic) bond motifs is 1. The molecule has 0 spiro atoms. The van der Waals surface area contributed by atoms with Crippen molar-refractivity contribution in [2.75, 3.05) is 31.8 Å². The fourth-order valence-electron chi connectivity index (χ4n) is 5.12. The van der Waals surface area contributed by atoms with Gasteiger partial charge in [0.2, 0.25) is 11.8 Å². The van der Waals surface area contributed by atoms with Crippen LogP contribution in [0.5, 0.6) is 11.5 Å². The maximum atomic E-state index is 14.2. The van der Waals surface area contributed by atoms with E-state index in [1.54, 1.807) is 63.2 Å². The van der Waals surface area contributed by atoms with Crippen LogP contribution in [-0.2, 0) is 28.7 Å². The topological polar surface area (TPSA) is 155 Å². The third-order valence-electron chi connectivity index (χ3n) is 7.28. The molecule has 0 aliphatic carbocycles. The monoisotopic (exact) mass is 712 g/mol. The largest absolute Gasteiger partial charge is 0.490 e. The Morgan fingerprint density at radius 1 is 1.06 bits per heavy atom. The van der Waals surface area contributed by atoms with Crippen LogP contribution >= 0.6 is 35.2 Å². The average Bonchev–Trinajstić information content (AvgIpc) is 3.36. The highest BCUT2D eigenvalue weighted by Gasteiger charge is 2.39. The van der Waals surface area contributed by atoms with Crippen LogP contribution in [0, 0.1) is 5.92 Å². The zero-order valence-electron chi connectivity index (χ0n) is 26.1. The molecule has 1 saturated heterocycles. The first kappa shape index (κ1) is 34.5. The minimum absolute atomic E-state index is 0.0390. The number of nitrogens with zero attached hydrogens (tertiary/aromatic N) is 3. The van der Waals surface area contributed by atoms with E-state index in [9.17, 15) is 24.0 Å². The minimum atomic E-state index is -1.41. The molecule has 2 atom stereocenters. The number of allylic oxidation sites excluding steroid dienone is 1. The van der Waals surface area contributed by atoms with Gasteiger partial charge in [0.15, 0.2) is 28.0 Å². The number of halogens is 1. The summed E-state index contributed by atoms with van der Waals surface area (Å²) in [5, 5.41) is 2.86. The second-order valence-corrected chi connectivity index (χ2v) is 12.1. The minimum Gasteiger partial charge on any atom is -0.490 e. The molecule has 13 nitrogen and oxygen atoms in total. The molecule has 2 amide bonds. The number of methoxy groups -OCH3 is 1. The molecule has 0 unspecified atom stereocenters. The zero-order valence-corrected chi connectivity index (χ0v) is 28.5. The number of thiocarbonyl (C=S) groups is 1. The van der Waals surface area contributed by atoms with Gasteiger partial charge in [0.05, 0.1) is 47.9 Å². The molecule has 2 aromatic carbocycles. The number of hydrogen-bond acceptors (Lipinski definition) is 12. The van der Waals surface area contributed by atoms with Gasteiger partial charge in [-0.1, -0.05) is 29.0 Å². The summed E-state index contributed by atoms with van der Waals surface area (Å²) in [4.78, 5) is 71.8. The predicted molar refractivity (Wildman–Crippen MR) is 180 cm³/mol. The summed E-state index contributed by atoms with van der Waals surface area (Å²) in [5.41, 5.74) is 0.634. The molecule has 48 heavy (non-hydrogen) atoms. The Bertz CT molecular complexity index is 2040. The number of anilines is 1. The first-order valence-electron chi connectivity index (χ1n) is 14.6. The van der Waals surface area contributed by atoms with E-state index in [1.165, 1.54) is 17.8 Å². The van der Waals surface area contributed by atoms with E-state index in [2.05, 4.69) is 15.0 Å². The molecule has 2 aliphatic rings. The van der Waals surface area contributed by atoms with Crippen LogP contribution in [-0.4, -0.2) is 60.4 Å². The Kier molecular flexibility index (Phi) is 10.4. The van der Waals surface area contributed by atoms with E-state index in [0.717, 1.165) is 16.2 Å². The lowest BCUT2D eigenvalue weighted by molar-refractivity contribution is -0.143. The Morgan fingerprint density at radius 2 is 1.79 bits per heavy atom. The molecular weight excluding hydrogens is 684 g/mol. The summed E-state index contributed by atoms with van der Waals surface area (Å²) in [5.74, 6) is -3.57. The van der Waals surface area contributed by atoms with Gasteiger partial charge in [-0.05, 0) is 81.0 Å². The van der Waals surface area contributed by atoms with E-state index in [-0.39, 0.29) is 51.3 Å². The van der Waals surface area contributed by atoms with Gasteiger partial charge in [0.25, 0.3) is 5.56 Å². The lowest BCUT2D eigenvalue weighted by atomic mass is 9.95. The lowest BCUT2D eigenvalue weighted by Gasteiger charge is -2.31. The Morgan fingerprint density at radius 3 is 2.46 bits per heavy atom. The van der Waals surface area contributed by atoms with Crippen molar-refractivity contribution < 1.29 is 38.1 Å². The van der Waals surface area contributed by atoms with Crippen LogP contribution in [0.1, 0.15) is 32.4 Å². The van der Waals surface area contributed by atoms with Crippen LogP contribution in [0.25, 0.3) is 6.08 Å². The van der Waals surface area contributed by atoms with Gasteiger partial charge in [-0.25, -0.2) is 14.6 Å². The highest BCUT2D eigenvalue weighted by Crippen LogP contribution is 2.36. The Hall–Kier alpha value is -4.86. The summed E-state index contributed by atoms with van der Waals surface area (Å²) in [6, 6.07) is 10.1. The number of benzene rings is 2. The number of hydrogen-bond donors (Lipinski definition) is 1. The zero-order chi connectivity index (χ0) is 34.7. The molecule has 0 radical (unpaired) electrons. The molecule has 2 aliphatic heterocycles. The van der Waals surface area contributed by atoms with Gasteiger partial charge in [0, 0.05) is 5.02 Å². The Labute approximate surface area is 288 Å². The molecule has 5 rings (SSSR count). The first-order chi connectivity index (χ1) is 23.0. The first-order valence-corrected chi connectivity index (χ1v) is 16.2. The molecule has 16 heteroatoms. The van der Waals surface area contributed by atoms with E-state index < -0.39 is 41.3 Å². The Balaban J connectivity index is 1.63. The van der Waals surface area contributed by atoms with Crippen LogP contribution in [0.3, 0.4) is 0 Å². The summed E-state index contributed by atoms with van der Waals surface area (Å²) in [6.45, 7) is 4.99. The van der Waals surface area contributed by atoms with Crippen molar-refractivity contribution in [3.05, 3.63) is 84.0 Å². The van der Waals surface area contributed by atoms with Crippen LogP contribution in [0.2, 0.25) is 5.02 Å². The number of ether oxygens (including phenoxy) is 4. The number of nitrogens with one attached hydrogen (secondary N) is 1. The number of thiazole rings is 1. The second kappa shape index (κ2) is 14.5. The summed E-state index contributed by atoms with van der Waals surface area (Å²) in [6.07, 6.45) is 1.27. The second-order valence-electron chi connectivity index (χ2n) is 10.3. The highest BCUT2D eigenvalue weighted by molar-refractivity contribution is 7.80. The molecule has 1 aromatic heterocycles. The van der Waals surface area contributed by atoms with Gasteiger partial charge in [-0.2, -0.15) is 0 Å². The number of carbonyl (C=O) groups is 4. The van der Waals surface area contributed by atoms with Crippen LogP contribution < -0.4 is 34.6 Å².